The summed E-state index contributed by atoms with van der Waals surface area (Å²) in [7, 11) is 1.56. The van der Waals surface area contributed by atoms with Crippen LogP contribution in [0, 0.1) is 6.92 Å². The molecule has 0 spiro atoms. The minimum atomic E-state index is -0.0904. The number of carbonyl (C=O) groups excluding carboxylic acids is 1. The molecule has 2 rings (SSSR count). The van der Waals surface area contributed by atoms with Gasteiger partial charge in [-0.2, -0.15) is 0 Å². The fraction of sp³-hybridized carbons (Fsp3) is 0.333. The zero-order valence-electron chi connectivity index (χ0n) is 11.9. The Bertz CT molecular complexity index is 590. The molecule has 0 saturated carbocycles. The number of amides is 1. The summed E-state index contributed by atoms with van der Waals surface area (Å²) in [5.41, 5.74) is 1.93. The normalized spacial score (nSPS) is 10.3. The van der Waals surface area contributed by atoms with Crippen molar-refractivity contribution in [2.45, 2.75) is 26.7 Å². The van der Waals surface area contributed by atoms with Crippen LogP contribution in [-0.4, -0.2) is 18.0 Å². The number of hydrogen-bond donors (Lipinski definition) is 1. The van der Waals surface area contributed by atoms with Gasteiger partial charge in [0.05, 0.1) is 23.9 Å². The van der Waals surface area contributed by atoms with Gasteiger partial charge in [-0.25, -0.2) is 4.98 Å². The molecule has 20 heavy (non-hydrogen) atoms. The van der Waals surface area contributed by atoms with E-state index < -0.39 is 0 Å². The summed E-state index contributed by atoms with van der Waals surface area (Å²) in [5, 5.41) is 2.85. The number of anilines is 1. The van der Waals surface area contributed by atoms with Crippen molar-refractivity contribution in [2.24, 2.45) is 0 Å². The number of nitrogens with one attached hydrogen (secondary N) is 1. The molecule has 0 bridgehead atoms. The first-order chi connectivity index (χ1) is 9.63. The van der Waals surface area contributed by atoms with E-state index in [0.29, 0.717) is 11.6 Å². The van der Waals surface area contributed by atoms with Gasteiger partial charge in [0.1, 0.15) is 0 Å². The standard InChI is InChI=1S/C15H18N2O2S/c1-4-5-11-8-13(20-10(11)2)15(18)17-12-6-7-14(19-3)16-9-12/h6-9H,4-5H2,1-3H3,(H,17,18). The number of carbonyl (C=O) groups is 1. The van der Waals surface area contributed by atoms with Crippen LogP contribution < -0.4 is 10.1 Å². The van der Waals surface area contributed by atoms with E-state index >= 15 is 0 Å². The lowest BCUT2D eigenvalue weighted by Crippen LogP contribution is -2.10. The van der Waals surface area contributed by atoms with Crippen LogP contribution in [0.15, 0.2) is 24.4 Å². The van der Waals surface area contributed by atoms with Crippen molar-refractivity contribution in [3.05, 3.63) is 39.7 Å². The largest absolute Gasteiger partial charge is 0.481 e. The van der Waals surface area contributed by atoms with Crippen molar-refractivity contribution < 1.29 is 9.53 Å². The second-order valence-electron chi connectivity index (χ2n) is 4.49. The molecule has 0 aromatic carbocycles. The van der Waals surface area contributed by atoms with Crippen LogP contribution in [-0.2, 0) is 6.42 Å². The van der Waals surface area contributed by atoms with E-state index in [-0.39, 0.29) is 5.91 Å². The zero-order valence-corrected chi connectivity index (χ0v) is 12.7. The summed E-state index contributed by atoms with van der Waals surface area (Å²) in [6.07, 6.45) is 3.69. The molecule has 0 atom stereocenters. The molecule has 0 radical (unpaired) electrons. The van der Waals surface area contributed by atoms with Gasteiger partial charge in [0.2, 0.25) is 5.88 Å². The molecule has 1 N–H and O–H groups in total. The molecule has 2 aromatic rings. The topological polar surface area (TPSA) is 51.2 Å². The number of methoxy groups -OCH3 is 1. The highest BCUT2D eigenvalue weighted by atomic mass is 32.1. The summed E-state index contributed by atoms with van der Waals surface area (Å²) >= 11 is 1.53. The first-order valence-corrected chi connectivity index (χ1v) is 7.36. The second kappa shape index (κ2) is 6.52. The molecule has 0 unspecified atom stereocenters. The van der Waals surface area contributed by atoms with Crippen LogP contribution in [0.3, 0.4) is 0 Å². The van der Waals surface area contributed by atoms with Crippen molar-refractivity contribution in [1.29, 1.82) is 0 Å². The zero-order chi connectivity index (χ0) is 14.5. The van der Waals surface area contributed by atoms with Gasteiger partial charge in [0, 0.05) is 10.9 Å². The molecule has 5 heteroatoms. The monoisotopic (exact) mass is 290 g/mol. The third-order valence-electron chi connectivity index (χ3n) is 2.97. The molecular weight excluding hydrogens is 272 g/mol. The third-order valence-corrected chi connectivity index (χ3v) is 4.06. The lowest BCUT2D eigenvalue weighted by Gasteiger charge is -2.03. The van der Waals surface area contributed by atoms with E-state index in [0.717, 1.165) is 17.7 Å². The predicted octanol–water partition coefficient (Wildman–Crippen LogP) is 3.66. The second-order valence-corrected chi connectivity index (χ2v) is 5.74. The van der Waals surface area contributed by atoms with Gasteiger partial charge >= 0.3 is 0 Å². The maximum Gasteiger partial charge on any atom is 0.265 e. The van der Waals surface area contributed by atoms with E-state index in [9.17, 15) is 4.79 Å². The van der Waals surface area contributed by atoms with Crippen LogP contribution in [0.4, 0.5) is 5.69 Å². The van der Waals surface area contributed by atoms with E-state index in [1.54, 1.807) is 25.4 Å². The summed E-state index contributed by atoms with van der Waals surface area (Å²) in [4.78, 5) is 18.2. The molecule has 0 saturated heterocycles. The van der Waals surface area contributed by atoms with Gasteiger partial charge in [-0.15, -0.1) is 11.3 Å². The number of aromatic nitrogens is 1. The van der Waals surface area contributed by atoms with Crippen molar-refractivity contribution in [2.75, 3.05) is 12.4 Å². The van der Waals surface area contributed by atoms with Crippen LogP contribution in [0.2, 0.25) is 0 Å². The van der Waals surface area contributed by atoms with Crippen LogP contribution >= 0.6 is 11.3 Å². The Morgan fingerprint density at radius 1 is 1.45 bits per heavy atom. The number of ether oxygens (including phenoxy) is 1. The van der Waals surface area contributed by atoms with Gasteiger partial charge in [0.15, 0.2) is 0 Å². The Labute approximate surface area is 122 Å². The number of hydrogen-bond acceptors (Lipinski definition) is 4. The van der Waals surface area contributed by atoms with Crippen LogP contribution in [0.5, 0.6) is 5.88 Å². The van der Waals surface area contributed by atoms with Gasteiger partial charge in [0.25, 0.3) is 5.91 Å². The van der Waals surface area contributed by atoms with Crippen molar-refractivity contribution >= 4 is 22.9 Å². The molecule has 2 heterocycles. The molecule has 0 fully saturated rings. The summed E-state index contributed by atoms with van der Waals surface area (Å²) in [6.45, 7) is 4.20. The number of nitrogens with zero attached hydrogens (tertiary/aromatic N) is 1. The van der Waals surface area contributed by atoms with Crippen molar-refractivity contribution in [3.8, 4) is 5.88 Å². The highest BCUT2D eigenvalue weighted by molar-refractivity contribution is 7.14. The highest BCUT2D eigenvalue weighted by Crippen LogP contribution is 2.24. The molecule has 2 aromatic heterocycles. The molecule has 0 aliphatic carbocycles. The summed E-state index contributed by atoms with van der Waals surface area (Å²) in [6, 6.07) is 5.48. The smallest absolute Gasteiger partial charge is 0.265 e. The molecular formula is C15H18N2O2S. The average molecular weight is 290 g/mol. The Morgan fingerprint density at radius 3 is 2.85 bits per heavy atom. The molecule has 0 aliphatic rings. The number of pyridine rings is 1. The van der Waals surface area contributed by atoms with Crippen molar-refractivity contribution in [3.63, 3.8) is 0 Å². The molecule has 4 nitrogen and oxygen atoms in total. The Hall–Kier alpha value is -1.88. The maximum atomic E-state index is 12.2. The third kappa shape index (κ3) is 3.36. The fourth-order valence-electron chi connectivity index (χ4n) is 1.92. The Balaban J connectivity index is 2.08. The lowest BCUT2D eigenvalue weighted by molar-refractivity contribution is 0.103. The number of thiophene rings is 1. The Kier molecular flexibility index (Phi) is 4.74. The average Bonchev–Trinajstić information content (AvgIpc) is 2.82. The van der Waals surface area contributed by atoms with E-state index in [1.807, 2.05) is 6.07 Å². The number of rotatable bonds is 5. The highest BCUT2D eigenvalue weighted by Gasteiger charge is 2.12. The Morgan fingerprint density at radius 2 is 2.25 bits per heavy atom. The van der Waals surface area contributed by atoms with Gasteiger partial charge in [-0.1, -0.05) is 13.3 Å². The lowest BCUT2D eigenvalue weighted by atomic mass is 10.1. The molecule has 106 valence electrons. The minimum Gasteiger partial charge on any atom is -0.481 e. The maximum absolute atomic E-state index is 12.2. The first-order valence-electron chi connectivity index (χ1n) is 6.54. The quantitative estimate of drug-likeness (QED) is 0.914. The van der Waals surface area contributed by atoms with Gasteiger partial charge < -0.3 is 10.1 Å². The van der Waals surface area contributed by atoms with Crippen molar-refractivity contribution in [1.82, 2.24) is 4.98 Å². The van der Waals surface area contributed by atoms with Gasteiger partial charge in [-0.05, 0) is 31.0 Å². The first kappa shape index (κ1) is 14.5. The predicted molar refractivity (Wildman–Crippen MR) is 81.8 cm³/mol. The minimum absolute atomic E-state index is 0.0904. The van der Waals surface area contributed by atoms with E-state index in [4.69, 9.17) is 4.74 Å². The van der Waals surface area contributed by atoms with Crippen LogP contribution in [0.1, 0.15) is 33.5 Å². The van der Waals surface area contributed by atoms with Crippen LogP contribution in [0.25, 0.3) is 0 Å². The SMILES string of the molecule is CCCc1cc(C(=O)Nc2ccc(OC)nc2)sc1C. The van der Waals surface area contributed by atoms with E-state index in [2.05, 4.69) is 24.1 Å². The fourth-order valence-corrected chi connectivity index (χ4v) is 2.88. The van der Waals surface area contributed by atoms with E-state index in [1.165, 1.54) is 21.8 Å². The number of aryl methyl sites for hydroxylation is 2. The summed E-state index contributed by atoms with van der Waals surface area (Å²) in [5.74, 6) is 0.438. The molecule has 1 amide bonds. The summed E-state index contributed by atoms with van der Waals surface area (Å²) < 4.78 is 4.98. The molecule has 0 aliphatic heterocycles. The van der Waals surface area contributed by atoms with Gasteiger partial charge in [-0.3, -0.25) is 4.79 Å².